The molecule has 1 aromatic heterocycles. The summed E-state index contributed by atoms with van der Waals surface area (Å²) < 4.78 is 1.56. The molecular formula is C16H14N6O2. The Balaban J connectivity index is 2.00. The van der Waals surface area contributed by atoms with Gasteiger partial charge in [-0.05, 0) is 25.1 Å². The summed E-state index contributed by atoms with van der Waals surface area (Å²) in [5.74, 6) is 0.320. The molecule has 3 aromatic rings. The van der Waals surface area contributed by atoms with Crippen molar-refractivity contribution < 1.29 is 4.92 Å². The zero-order valence-corrected chi connectivity index (χ0v) is 12.8. The minimum absolute atomic E-state index is 0.118. The average Bonchev–Trinajstić information content (AvgIpc) is 2.88. The fraction of sp³-hybridized carbons (Fsp3) is 0.0625. The largest absolute Gasteiger partial charge is 0.382 e. The molecule has 3 rings (SSSR count). The molecule has 24 heavy (non-hydrogen) atoms. The van der Waals surface area contributed by atoms with Crippen molar-refractivity contribution in [3.63, 3.8) is 0 Å². The number of nitro groups is 1. The Morgan fingerprint density at radius 3 is 2.46 bits per heavy atom. The molecule has 2 N–H and O–H groups in total. The molecule has 0 atom stereocenters. The van der Waals surface area contributed by atoms with E-state index in [9.17, 15) is 10.1 Å². The maximum absolute atomic E-state index is 11.0. The van der Waals surface area contributed by atoms with E-state index in [1.807, 2.05) is 30.3 Å². The van der Waals surface area contributed by atoms with Crippen LogP contribution in [-0.2, 0) is 0 Å². The number of nitrogens with zero attached hydrogens (tertiary/aromatic N) is 5. The predicted molar refractivity (Wildman–Crippen MR) is 90.0 cm³/mol. The summed E-state index contributed by atoms with van der Waals surface area (Å²) in [6.45, 7) is 1.75. The normalized spacial score (nSPS) is 11.0. The maximum atomic E-state index is 11.0. The average molecular weight is 322 g/mol. The first-order valence-electron chi connectivity index (χ1n) is 7.13. The van der Waals surface area contributed by atoms with Crippen molar-refractivity contribution in [1.82, 2.24) is 9.78 Å². The van der Waals surface area contributed by atoms with E-state index in [1.54, 1.807) is 23.7 Å². The molecule has 2 aromatic carbocycles. The number of aromatic nitrogens is 2. The summed E-state index contributed by atoms with van der Waals surface area (Å²) in [4.78, 5) is 10.5. The van der Waals surface area contributed by atoms with Gasteiger partial charge in [0.1, 0.15) is 0 Å². The van der Waals surface area contributed by atoms with Crippen molar-refractivity contribution in [1.29, 1.82) is 0 Å². The lowest BCUT2D eigenvalue weighted by Crippen LogP contribution is -2.01. The molecule has 0 aliphatic heterocycles. The molecule has 0 radical (unpaired) electrons. The summed E-state index contributed by atoms with van der Waals surface area (Å²) >= 11 is 0. The number of azo groups is 1. The van der Waals surface area contributed by atoms with Crippen LogP contribution in [-0.4, -0.2) is 14.7 Å². The van der Waals surface area contributed by atoms with Gasteiger partial charge in [-0.1, -0.05) is 30.3 Å². The molecule has 0 aliphatic rings. The van der Waals surface area contributed by atoms with Crippen LogP contribution in [0, 0.1) is 17.0 Å². The molecule has 0 amide bonds. The van der Waals surface area contributed by atoms with Crippen LogP contribution in [0.5, 0.6) is 0 Å². The summed E-state index contributed by atoms with van der Waals surface area (Å²) in [6, 6.07) is 15.5. The smallest absolute Gasteiger partial charge is 0.296 e. The van der Waals surface area contributed by atoms with Crippen LogP contribution in [0.1, 0.15) is 5.69 Å². The van der Waals surface area contributed by atoms with Gasteiger partial charge in [0.05, 0.1) is 16.3 Å². The molecule has 0 saturated carbocycles. The van der Waals surface area contributed by atoms with Gasteiger partial charge >= 0.3 is 0 Å². The van der Waals surface area contributed by atoms with Gasteiger partial charge in [0.15, 0.2) is 17.2 Å². The molecular weight excluding hydrogens is 308 g/mol. The fourth-order valence-electron chi connectivity index (χ4n) is 2.23. The Morgan fingerprint density at radius 2 is 1.75 bits per heavy atom. The van der Waals surface area contributed by atoms with Gasteiger partial charge in [-0.15, -0.1) is 10.2 Å². The third kappa shape index (κ3) is 2.84. The van der Waals surface area contributed by atoms with E-state index in [0.29, 0.717) is 17.2 Å². The van der Waals surface area contributed by atoms with Gasteiger partial charge in [0.25, 0.3) is 5.69 Å². The molecule has 8 heteroatoms. The first-order valence-corrected chi connectivity index (χ1v) is 7.13. The first-order chi connectivity index (χ1) is 11.6. The number of nitrogen functional groups attached to an aromatic ring is 1. The van der Waals surface area contributed by atoms with Crippen LogP contribution < -0.4 is 5.73 Å². The third-order valence-electron chi connectivity index (χ3n) is 3.40. The molecule has 0 unspecified atom stereocenters. The molecule has 0 aliphatic carbocycles. The zero-order valence-electron chi connectivity index (χ0n) is 12.8. The molecule has 120 valence electrons. The number of rotatable bonds is 4. The van der Waals surface area contributed by atoms with Gasteiger partial charge in [0, 0.05) is 6.07 Å². The van der Waals surface area contributed by atoms with E-state index in [0.717, 1.165) is 5.69 Å². The highest BCUT2D eigenvalue weighted by molar-refractivity contribution is 5.64. The number of hydrogen-bond acceptors (Lipinski definition) is 6. The number of aryl methyl sites for hydroxylation is 1. The van der Waals surface area contributed by atoms with Crippen molar-refractivity contribution in [3.05, 3.63) is 70.4 Å². The van der Waals surface area contributed by atoms with Gasteiger partial charge in [-0.2, -0.15) is 5.10 Å². The number of benzene rings is 2. The highest BCUT2D eigenvalue weighted by Gasteiger charge is 2.15. The van der Waals surface area contributed by atoms with Crippen molar-refractivity contribution in [2.75, 3.05) is 5.73 Å². The Morgan fingerprint density at radius 1 is 1.08 bits per heavy atom. The second-order valence-electron chi connectivity index (χ2n) is 5.01. The minimum Gasteiger partial charge on any atom is -0.382 e. The summed E-state index contributed by atoms with van der Waals surface area (Å²) in [7, 11) is 0. The topological polar surface area (TPSA) is 112 Å². The maximum Gasteiger partial charge on any atom is 0.296 e. The molecule has 0 fully saturated rings. The van der Waals surface area contributed by atoms with Crippen LogP contribution in [0.25, 0.3) is 5.69 Å². The van der Waals surface area contributed by atoms with Crippen LogP contribution >= 0.6 is 0 Å². The molecule has 0 spiro atoms. The lowest BCUT2D eigenvalue weighted by atomic mass is 10.3. The van der Waals surface area contributed by atoms with Crippen molar-refractivity contribution >= 4 is 22.9 Å². The second-order valence-corrected chi connectivity index (χ2v) is 5.01. The van der Waals surface area contributed by atoms with E-state index in [-0.39, 0.29) is 11.4 Å². The predicted octanol–water partition coefficient (Wildman–Crippen LogP) is 4.09. The number of nitrogens with two attached hydrogens (primary N) is 1. The second kappa shape index (κ2) is 6.29. The van der Waals surface area contributed by atoms with Gasteiger partial charge in [0.2, 0.25) is 0 Å². The zero-order chi connectivity index (χ0) is 17.1. The summed E-state index contributed by atoms with van der Waals surface area (Å²) in [6.07, 6.45) is 0. The minimum atomic E-state index is -0.502. The Labute approximate surface area is 137 Å². The lowest BCUT2D eigenvalue weighted by molar-refractivity contribution is -0.384. The Kier molecular flexibility index (Phi) is 4.02. The highest BCUT2D eigenvalue weighted by Crippen LogP contribution is 2.32. The number of hydrogen-bond donors (Lipinski definition) is 1. The van der Waals surface area contributed by atoms with E-state index in [4.69, 9.17) is 5.73 Å². The van der Waals surface area contributed by atoms with E-state index in [1.165, 1.54) is 12.1 Å². The van der Waals surface area contributed by atoms with Gasteiger partial charge in [-0.25, -0.2) is 4.68 Å². The third-order valence-corrected chi connectivity index (χ3v) is 3.40. The molecule has 1 heterocycles. The van der Waals surface area contributed by atoms with Gasteiger partial charge in [-0.3, -0.25) is 10.1 Å². The van der Waals surface area contributed by atoms with Crippen molar-refractivity contribution in [2.24, 2.45) is 10.2 Å². The first kappa shape index (κ1) is 15.3. The van der Waals surface area contributed by atoms with E-state index in [2.05, 4.69) is 15.3 Å². The Hall–Kier alpha value is -3.55. The van der Waals surface area contributed by atoms with Crippen molar-refractivity contribution in [2.45, 2.75) is 6.92 Å². The quantitative estimate of drug-likeness (QED) is 0.443. The Bertz CT molecular complexity index is 918. The molecule has 0 saturated heterocycles. The number of nitro benzene ring substituents is 1. The SMILES string of the molecule is Cc1nn(-c2ccccc2)c(N)c1N=Nc1ccccc1[N+](=O)[O-]. The standard InChI is InChI=1S/C16H14N6O2/c1-11-15(16(17)21(20-11)12-7-3-2-4-8-12)19-18-13-9-5-6-10-14(13)22(23)24/h2-10H,17H2,1H3. The van der Waals surface area contributed by atoms with Crippen molar-refractivity contribution in [3.8, 4) is 5.69 Å². The number of para-hydroxylation sites is 2. The monoisotopic (exact) mass is 322 g/mol. The van der Waals surface area contributed by atoms with Crippen LogP contribution in [0.15, 0.2) is 64.8 Å². The van der Waals surface area contributed by atoms with Gasteiger partial charge < -0.3 is 5.73 Å². The van der Waals surface area contributed by atoms with E-state index >= 15 is 0 Å². The van der Waals surface area contributed by atoms with Crippen LogP contribution in [0.4, 0.5) is 22.9 Å². The summed E-state index contributed by atoms with van der Waals surface area (Å²) in [5.41, 5.74) is 7.92. The highest BCUT2D eigenvalue weighted by atomic mass is 16.6. The molecule has 8 nitrogen and oxygen atoms in total. The summed E-state index contributed by atoms with van der Waals surface area (Å²) in [5, 5.41) is 23.4. The van der Waals surface area contributed by atoms with E-state index < -0.39 is 4.92 Å². The fourth-order valence-corrected chi connectivity index (χ4v) is 2.23. The lowest BCUT2D eigenvalue weighted by Gasteiger charge is -2.02. The molecule has 0 bridgehead atoms. The van der Waals surface area contributed by atoms with Crippen LogP contribution in [0.3, 0.4) is 0 Å². The van der Waals surface area contributed by atoms with Crippen LogP contribution in [0.2, 0.25) is 0 Å². The number of anilines is 1.